The molecule has 0 spiro atoms. The minimum Gasteiger partial charge on any atom is -0.452 e. The molecule has 2 heterocycles. The van der Waals surface area contributed by atoms with Gasteiger partial charge in [-0.2, -0.15) is 5.10 Å². The van der Waals surface area contributed by atoms with Gasteiger partial charge in [0.25, 0.3) is 11.8 Å². The number of carbonyl (C=O) groups is 3. The standard InChI is InChI=1S/C13H12ClN3O4S/c1-7-10(11(14)17(2)16-7)13(20)21-6-9(18)15-12(19)8-4-3-5-22-8/h3-5H,6H2,1-2H3,(H,15,18,19). The molecule has 0 aliphatic heterocycles. The Hall–Kier alpha value is -2.19. The number of ether oxygens (including phenoxy) is 1. The minimum atomic E-state index is -0.769. The molecule has 2 rings (SSSR count). The van der Waals surface area contributed by atoms with Gasteiger partial charge in [0.15, 0.2) is 6.61 Å². The summed E-state index contributed by atoms with van der Waals surface area (Å²) in [5, 5.41) is 7.93. The molecule has 0 saturated heterocycles. The van der Waals surface area contributed by atoms with E-state index in [1.807, 2.05) is 0 Å². The van der Waals surface area contributed by atoms with Crippen LogP contribution in [0.1, 0.15) is 25.7 Å². The molecule has 0 atom stereocenters. The van der Waals surface area contributed by atoms with Crippen LogP contribution in [0.2, 0.25) is 5.15 Å². The number of hydrogen-bond donors (Lipinski definition) is 1. The Morgan fingerprint density at radius 3 is 2.73 bits per heavy atom. The fourth-order valence-electron chi connectivity index (χ4n) is 1.70. The summed E-state index contributed by atoms with van der Waals surface area (Å²) in [6.07, 6.45) is 0. The summed E-state index contributed by atoms with van der Waals surface area (Å²) in [5.74, 6) is -2.02. The number of hydrogen-bond acceptors (Lipinski definition) is 6. The smallest absolute Gasteiger partial charge is 0.343 e. The first kappa shape index (κ1) is 16.2. The Kier molecular flexibility index (Phi) is 4.94. The van der Waals surface area contributed by atoms with Gasteiger partial charge in [0.2, 0.25) is 0 Å². The maximum Gasteiger partial charge on any atom is 0.343 e. The van der Waals surface area contributed by atoms with Crippen LogP contribution in [0, 0.1) is 6.92 Å². The molecule has 0 aromatic carbocycles. The topological polar surface area (TPSA) is 90.3 Å². The van der Waals surface area contributed by atoms with Gasteiger partial charge in [-0.1, -0.05) is 17.7 Å². The highest BCUT2D eigenvalue weighted by atomic mass is 35.5. The lowest BCUT2D eigenvalue weighted by molar-refractivity contribution is -0.123. The molecule has 7 nitrogen and oxygen atoms in total. The molecule has 2 aromatic heterocycles. The van der Waals surface area contributed by atoms with E-state index in [0.717, 1.165) is 0 Å². The van der Waals surface area contributed by atoms with Crippen LogP contribution in [0.5, 0.6) is 0 Å². The van der Waals surface area contributed by atoms with Crippen molar-refractivity contribution in [1.29, 1.82) is 0 Å². The van der Waals surface area contributed by atoms with Gasteiger partial charge in [0, 0.05) is 7.05 Å². The fraction of sp³-hybridized carbons (Fsp3) is 0.231. The molecule has 0 radical (unpaired) electrons. The Bertz CT molecular complexity index is 724. The van der Waals surface area contributed by atoms with Gasteiger partial charge >= 0.3 is 5.97 Å². The molecular formula is C13H12ClN3O4S. The summed E-state index contributed by atoms with van der Waals surface area (Å²) in [6.45, 7) is 1.02. The summed E-state index contributed by atoms with van der Waals surface area (Å²) in [7, 11) is 1.58. The number of esters is 1. The Morgan fingerprint density at radius 1 is 1.45 bits per heavy atom. The van der Waals surface area contributed by atoms with Crippen LogP contribution in [0.4, 0.5) is 0 Å². The SMILES string of the molecule is Cc1nn(C)c(Cl)c1C(=O)OCC(=O)NC(=O)c1cccs1. The van der Waals surface area contributed by atoms with E-state index in [2.05, 4.69) is 10.4 Å². The maximum atomic E-state index is 11.9. The average molecular weight is 342 g/mol. The van der Waals surface area contributed by atoms with Crippen molar-refractivity contribution in [1.82, 2.24) is 15.1 Å². The first-order valence-electron chi connectivity index (χ1n) is 6.14. The van der Waals surface area contributed by atoms with Crippen molar-refractivity contribution in [2.24, 2.45) is 7.05 Å². The molecule has 0 aliphatic carbocycles. The number of thiophene rings is 1. The molecule has 22 heavy (non-hydrogen) atoms. The highest BCUT2D eigenvalue weighted by Gasteiger charge is 2.21. The molecule has 0 bridgehead atoms. The van der Waals surface area contributed by atoms with E-state index in [4.69, 9.17) is 16.3 Å². The number of nitrogens with one attached hydrogen (secondary N) is 1. The highest BCUT2D eigenvalue weighted by Crippen LogP contribution is 2.19. The summed E-state index contributed by atoms with van der Waals surface area (Å²) >= 11 is 7.12. The first-order valence-corrected chi connectivity index (χ1v) is 7.39. The van der Waals surface area contributed by atoms with Gasteiger partial charge in [-0.25, -0.2) is 4.79 Å². The molecule has 2 amide bonds. The van der Waals surface area contributed by atoms with Crippen molar-refractivity contribution in [3.8, 4) is 0 Å². The quantitative estimate of drug-likeness (QED) is 0.852. The van der Waals surface area contributed by atoms with Gasteiger partial charge < -0.3 is 4.74 Å². The van der Waals surface area contributed by atoms with Crippen LogP contribution in [-0.4, -0.2) is 34.2 Å². The third-order valence-corrected chi connectivity index (χ3v) is 3.99. The number of nitrogens with zero attached hydrogens (tertiary/aromatic N) is 2. The summed E-state index contributed by atoms with van der Waals surface area (Å²) in [4.78, 5) is 35.5. The van der Waals surface area contributed by atoms with Crippen LogP contribution in [0.3, 0.4) is 0 Å². The second-order valence-corrected chi connectivity index (χ2v) is 5.61. The van der Waals surface area contributed by atoms with E-state index < -0.39 is 24.4 Å². The zero-order chi connectivity index (χ0) is 16.3. The number of amides is 2. The monoisotopic (exact) mass is 341 g/mol. The molecule has 116 valence electrons. The van der Waals surface area contributed by atoms with Crippen molar-refractivity contribution in [2.75, 3.05) is 6.61 Å². The lowest BCUT2D eigenvalue weighted by Crippen LogP contribution is -2.33. The first-order chi connectivity index (χ1) is 10.4. The van der Waals surface area contributed by atoms with Crippen molar-refractivity contribution in [3.63, 3.8) is 0 Å². The van der Waals surface area contributed by atoms with Gasteiger partial charge in [-0.3, -0.25) is 19.6 Å². The van der Waals surface area contributed by atoms with Crippen molar-refractivity contribution in [2.45, 2.75) is 6.92 Å². The van der Waals surface area contributed by atoms with E-state index >= 15 is 0 Å². The van der Waals surface area contributed by atoms with E-state index in [1.54, 1.807) is 31.5 Å². The number of imide groups is 1. The van der Waals surface area contributed by atoms with E-state index in [9.17, 15) is 14.4 Å². The van der Waals surface area contributed by atoms with Crippen LogP contribution < -0.4 is 5.32 Å². The third kappa shape index (κ3) is 3.52. The minimum absolute atomic E-state index is 0.0987. The molecule has 1 N–H and O–H groups in total. The number of aromatic nitrogens is 2. The summed E-state index contributed by atoms with van der Waals surface area (Å²) < 4.78 is 6.17. The lowest BCUT2D eigenvalue weighted by atomic mass is 10.3. The largest absolute Gasteiger partial charge is 0.452 e. The molecule has 2 aromatic rings. The molecular weight excluding hydrogens is 330 g/mol. The van der Waals surface area contributed by atoms with Crippen molar-refractivity contribution >= 4 is 40.7 Å². The van der Waals surface area contributed by atoms with Crippen LogP contribution in [0.15, 0.2) is 17.5 Å². The Balaban J connectivity index is 1.91. The lowest BCUT2D eigenvalue weighted by Gasteiger charge is -2.05. The van der Waals surface area contributed by atoms with Crippen LogP contribution >= 0.6 is 22.9 Å². The van der Waals surface area contributed by atoms with Crippen LogP contribution in [-0.2, 0) is 16.6 Å². The van der Waals surface area contributed by atoms with Crippen molar-refractivity contribution in [3.05, 3.63) is 38.8 Å². The molecule has 0 unspecified atom stereocenters. The summed E-state index contributed by atoms with van der Waals surface area (Å²) in [6, 6.07) is 3.27. The second-order valence-electron chi connectivity index (χ2n) is 4.31. The Morgan fingerprint density at radius 2 is 2.18 bits per heavy atom. The molecule has 0 saturated carbocycles. The average Bonchev–Trinajstić information content (AvgIpc) is 3.06. The number of rotatable bonds is 4. The predicted molar refractivity (Wildman–Crippen MR) is 80.0 cm³/mol. The van der Waals surface area contributed by atoms with Crippen LogP contribution in [0.25, 0.3) is 0 Å². The number of carbonyl (C=O) groups excluding carboxylic acids is 3. The fourth-order valence-corrected chi connectivity index (χ4v) is 2.57. The van der Waals surface area contributed by atoms with E-state index in [-0.39, 0.29) is 10.7 Å². The molecule has 0 aliphatic rings. The third-order valence-electron chi connectivity index (χ3n) is 2.69. The van der Waals surface area contributed by atoms with Gasteiger partial charge in [-0.15, -0.1) is 11.3 Å². The maximum absolute atomic E-state index is 11.9. The van der Waals surface area contributed by atoms with Gasteiger partial charge in [0.05, 0.1) is 10.6 Å². The Labute approximate surface area is 134 Å². The van der Waals surface area contributed by atoms with E-state index in [1.165, 1.54) is 16.0 Å². The highest BCUT2D eigenvalue weighted by molar-refractivity contribution is 7.12. The predicted octanol–water partition coefficient (Wildman–Crippen LogP) is 1.56. The van der Waals surface area contributed by atoms with Crippen molar-refractivity contribution < 1.29 is 19.1 Å². The summed E-state index contributed by atoms with van der Waals surface area (Å²) in [5.41, 5.74) is 0.495. The van der Waals surface area contributed by atoms with Gasteiger partial charge in [0.1, 0.15) is 10.7 Å². The number of halogens is 1. The zero-order valence-corrected chi connectivity index (χ0v) is 13.3. The van der Waals surface area contributed by atoms with E-state index in [0.29, 0.717) is 10.6 Å². The normalized spacial score (nSPS) is 10.3. The molecule has 0 fully saturated rings. The zero-order valence-electron chi connectivity index (χ0n) is 11.8. The van der Waals surface area contributed by atoms with Gasteiger partial charge in [-0.05, 0) is 18.4 Å². The number of aryl methyl sites for hydroxylation is 2. The second kappa shape index (κ2) is 6.71. The molecule has 9 heteroatoms.